The SMILES string of the molecule is N#CCC(=O)Nc1ccccc1N1CCC(O)CC1. The highest BCUT2D eigenvalue weighted by Gasteiger charge is 2.19. The fraction of sp³-hybridized carbons (Fsp3) is 0.429. The van der Waals surface area contributed by atoms with Crippen molar-refractivity contribution >= 4 is 17.3 Å². The fourth-order valence-corrected chi connectivity index (χ4v) is 2.23. The van der Waals surface area contributed by atoms with Crippen molar-refractivity contribution in [1.29, 1.82) is 5.26 Å². The molecule has 0 aromatic heterocycles. The Morgan fingerprint density at radius 2 is 2.11 bits per heavy atom. The molecule has 0 saturated carbocycles. The normalized spacial score (nSPS) is 15.9. The average Bonchev–Trinajstić information content (AvgIpc) is 2.41. The van der Waals surface area contributed by atoms with Gasteiger partial charge in [0.05, 0.1) is 23.5 Å². The molecule has 1 aromatic carbocycles. The molecule has 1 aliphatic rings. The average molecular weight is 259 g/mol. The van der Waals surface area contributed by atoms with Crippen LogP contribution < -0.4 is 10.2 Å². The number of nitrogens with one attached hydrogen (secondary N) is 1. The van der Waals surface area contributed by atoms with Crippen LogP contribution in [0.25, 0.3) is 0 Å². The van der Waals surface area contributed by atoms with Gasteiger partial charge in [0.15, 0.2) is 0 Å². The van der Waals surface area contributed by atoms with E-state index in [2.05, 4.69) is 10.2 Å². The monoisotopic (exact) mass is 259 g/mol. The maximum absolute atomic E-state index is 11.5. The Kier molecular flexibility index (Phi) is 4.37. The van der Waals surface area contributed by atoms with Crippen molar-refractivity contribution in [1.82, 2.24) is 0 Å². The molecule has 1 aliphatic heterocycles. The van der Waals surface area contributed by atoms with Crippen LogP contribution in [0.5, 0.6) is 0 Å². The van der Waals surface area contributed by atoms with Gasteiger partial charge in [-0.1, -0.05) is 12.1 Å². The number of benzene rings is 1. The maximum atomic E-state index is 11.5. The van der Waals surface area contributed by atoms with E-state index in [1.165, 1.54) is 0 Å². The summed E-state index contributed by atoms with van der Waals surface area (Å²) in [7, 11) is 0. The molecular formula is C14H17N3O2. The largest absolute Gasteiger partial charge is 0.393 e. The molecule has 1 heterocycles. The number of aliphatic hydroxyl groups is 1. The number of amides is 1. The molecule has 1 aromatic rings. The molecule has 0 atom stereocenters. The van der Waals surface area contributed by atoms with Gasteiger partial charge in [0.2, 0.25) is 5.91 Å². The van der Waals surface area contributed by atoms with Gasteiger partial charge in [-0.3, -0.25) is 4.79 Å². The van der Waals surface area contributed by atoms with Gasteiger partial charge in [-0.2, -0.15) is 5.26 Å². The summed E-state index contributed by atoms with van der Waals surface area (Å²) >= 11 is 0. The summed E-state index contributed by atoms with van der Waals surface area (Å²) < 4.78 is 0. The van der Waals surface area contributed by atoms with Gasteiger partial charge in [0.1, 0.15) is 6.42 Å². The zero-order valence-electron chi connectivity index (χ0n) is 10.7. The number of rotatable bonds is 3. The number of carbonyl (C=O) groups excluding carboxylic acids is 1. The number of aliphatic hydroxyl groups excluding tert-OH is 1. The van der Waals surface area contributed by atoms with Gasteiger partial charge in [-0.25, -0.2) is 0 Å². The summed E-state index contributed by atoms with van der Waals surface area (Å²) in [5.41, 5.74) is 1.67. The second-order valence-corrected chi connectivity index (χ2v) is 4.62. The molecule has 19 heavy (non-hydrogen) atoms. The topological polar surface area (TPSA) is 76.4 Å². The first-order valence-electron chi connectivity index (χ1n) is 6.39. The summed E-state index contributed by atoms with van der Waals surface area (Å²) in [6.45, 7) is 1.54. The van der Waals surface area contributed by atoms with Crippen molar-refractivity contribution in [2.75, 3.05) is 23.3 Å². The lowest BCUT2D eigenvalue weighted by atomic mass is 10.1. The van der Waals surface area contributed by atoms with E-state index in [1.807, 2.05) is 30.3 Å². The molecule has 5 nitrogen and oxygen atoms in total. The molecule has 0 bridgehead atoms. The lowest BCUT2D eigenvalue weighted by molar-refractivity contribution is -0.115. The third-order valence-electron chi connectivity index (χ3n) is 3.22. The van der Waals surface area contributed by atoms with Crippen molar-refractivity contribution in [3.05, 3.63) is 24.3 Å². The maximum Gasteiger partial charge on any atom is 0.238 e. The summed E-state index contributed by atoms with van der Waals surface area (Å²) in [6.07, 6.45) is 1.10. The third-order valence-corrected chi connectivity index (χ3v) is 3.22. The number of hydrogen-bond donors (Lipinski definition) is 2. The first kappa shape index (κ1) is 13.4. The molecule has 0 aliphatic carbocycles. The van der Waals surface area contributed by atoms with Crippen LogP contribution in [0, 0.1) is 11.3 Å². The Morgan fingerprint density at radius 1 is 1.42 bits per heavy atom. The molecule has 0 spiro atoms. The highest BCUT2D eigenvalue weighted by Crippen LogP contribution is 2.28. The summed E-state index contributed by atoms with van der Waals surface area (Å²) in [6, 6.07) is 9.38. The van der Waals surface area contributed by atoms with Crippen LogP contribution in [-0.2, 0) is 4.79 Å². The van der Waals surface area contributed by atoms with E-state index in [-0.39, 0.29) is 18.4 Å². The second-order valence-electron chi connectivity index (χ2n) is 4.62. The predicted octanol–water partition coefficient (Wildman–Crippen LogP) is 1.50. The first-order valence-corrected chi connectivity index (χ1v) is 6.39. The Labute approximate surface area is 112 Å². The highest BCUT2D eigenvalue weighted by molar-refractivity contribution is 5.95. The van der Waals surface area contributed by atoms with Crippen LogP contribution in [0.15, 0.2) is 24.3 Å². The van der Waals surface area contributed by atoms with Gasteiger partial charge in [-0.05, 0) is 25.0 Å². The van der Waals surface area contributed by atoms with Gasteiger partial charge in [-0.15, -0.1) is 0 Å². The minimum Gasteiger partial charge on any atom is -0.393 e. The van der Waals surface area contributed by atoms with E-state index in [1.54, 1.807) is 0 Å². The zero-order valence-corrected chi connectivity index (χ0v) is 10.7. The number of hydrogen-bond acceptors (Lipinski definition) is 4. The number of carbonyl (C=O) groups is 1. The van der Waals surface area contributed by atoms with E-state index in [0.29, 0.717) is 0 Å². The zero-order chi connectivity index (χ0) is 13.7. The summed E-state index contributed by atoms with van der Waals surface area (Å²) in [4.78, 5) is 13.7. The van der Waals surface area contributed by atoms with E-state index in [0.717, 1.165) is 37.3 Å². The molecule has 2 rings (SSSR count). The minimum atomic E-state index is -0.299. The molecule has 0 unspecified atom stereocenters. The Hall–Kier alpha value is -2.06. The van der Waals surface area contributed by atoms with E-state index in [4.69, 9.17) is 5.26 Å². The summed E-state index contributed by atoms with van der Waals surface area (Å²) in [5, 5.41) is 20.8. The number of nitriles is 1. The van der Waals surface area contributed by atoms with Crippen molar-refractivity contribution in [2.45, 2.75) is 25.4 Å². The summed E-state index contributed by atoms with van der Waals surface area (Å²) in [5.74, 6) is -0.299. The fourth-order valence-electron chi connectivity index (χ4n) is 2.23. The smallest absolute Gasteiger partial charge is 0.238 e. The number of para-hydroxylation sites is 2. The molecule has 1 fully saturated rings. The molecule has 0 radical (unpaired) electrons. The Bertz CT molecular complexity index is 488. The lowest BCUT2D eigenvalue weighted by Crippen LogP contribution is -2.36. The molecule has 2 N–H and O–H groups in total. The third kappa shape index (κ3) is 3.46. The second kappa shape index (κ2) is 6.21. The first-order chi connectivity index (χ1) is 9.20. The van der Waals surface area contributed by atoms with E-state index in [9.17, 15) is 9.90 Å². The minimum absolute atomic E-state index is 0.146. The van der Waals surface area contributed by atoms with Crippen LogP contribution in [-0.4, -0.2) is 30.2 Å². The van der Waals surface area contributed by atoms with Gasteiger partial charge in [0, 0.05) is 13.1 Å². The van der Waals surface area contributed by atoms with Gasteiger partial charge < -0.3 is 15.3 Å². The number of piperidine rings is 1. The van der Waals surface area contributed by atoms with Gasteiger partial charge in [0.25, 0.3) is 0 Å². The number of anilines is 2. The van der Waals surface area contributed by atoms with Crippen LogP contribution in [0.2, 0.25) is 0 Å². The van der Waals surface area contributed by atoms with Crippen molar-refractivity contribution in [3.63, 3.8) is 0 Å². The van der Waals surface area contributed by atoms with Crippen LogP contribution >= 0.6 is 0 Å². The molecule has 5 heteroatoms. The van der Waals surface area contributed by atoms with Crippen LogP contribution in [0.1, 0.15) is 19.3 Å². The molecule has 1 amide bonds. The van der Waals surface area contributed by atoms with Crippen LogP contribution in [0.4, 0.5) is 11.4 Å². The van der Waals surface area contributed by atoms with Gasteiger partial charge >= 0.3 is 0 Å². The number of nitrogens with zero attached hydrogens (tertiary/aromatic N) is 2. The molecular weight excluding hydrogens is 242 g/mol. The van der Waals surface area contributed by atoms with Crippen molar-refractivity contribution < 1.29 is 9.90 Å². The van der Waals surface area contributed by atoms with E-state index >= 15 is 0 Å². The lowest BCUT2D eigenvalue weighted by Gasteiger charge is -2.32. The standard InChI is InChI=1S/C14H17N3O2/c15-8-5-14(19)16-12-3-1-2-4-13(12)17-9-6-11(18)7-10-17/h1-4,11,18H,5-7,9-10H2,(H,16,19). The van der Waals surface area contributed by atoms with Crippen LogP contribution in [0.3, 0.4) is 0 Å². The predicted molar refractivity (Wildman–Crippen MR) is 72.8 cm³/mol. The van der Waals surface area contributed by atoms with Crippen molar-refractivity contribution in [2.24, 2.45) is 0 Å². The quantitative estimate of drug-likeness (QED) is 0.862. The van der Waals surface area contributed by atoms with E-state index < -0.39 is 0 Å². The molecule has 1 saturated heterocycles. The molecule has 100 valence electrons. The Morgan fingerprint density at radius 3 is 2.79 bits per heavy atom. The highest BCUT2D eigenvalue weighted by atomic mass is 16.3. The van der Waals surface area contributed by atoms with Crippen molar-refractivity contribution in [3.8, 4) is 6.07 Å². The Balaban J connectivity index is 2.12.